The number of benzene rings is 1. The van der Waals surface area contributed by atoms with Crippen molar-refractivity contribution in [2.45, 2.75) is 25.7 Å². The zero-order chi connectivity index (χ0) is 19.3. The molecule has 7 heteroatoms. The van der Waals surface area contributed by atoms with Gasteiger partial charge >= 0.3 is 0 Å². The van der Waals surface area contributed by atoms with Gasteiger partial charge in [0.25, 0.3) is 0 Å². The Hall–Kier alpha value is -2.77. The van der Waals surface area contributed by atoms with E-state index in [1.165, 1.54) is 12.4 Å². The van der Waals surface area contributed by atoms with E-state index in [0.717, 1.165) is 55.7 Å². The van der Waals surface area contributed by atoms with Gasteiger partial charge in [-0.2, -0.15) is 0 Å². The van der Waals surface area contributed by atoms with Crippen LogP contribution in [0, 0.1) is 5.92 Å². The molecule has 1 aliphatic rings. The summed E-state index contributed by atoms with van der Waals surface area (Å²) in [5.41, 5.74) is 1.40. The number of rotatable bonds is 6. The van der Waals surface area contributed by atoms with E-state index in [2.05, 4.69) is 37.1 Å². The van der Waals surface area contributed by atoms with Crippen LogP contribution in [-0.2, 0) is 0 Å². The van der Waals surface area contributed by atoms with Crippen LogP contribution in [0.15, 0.2) is 53.6 Å². The normalized spacial score (nSPS) is 15.8. The Morgan fingerprint density at radius 3 is 2.64 bits per heavy atom. The smallest absolute Gasteiger partial charge is 0.249 e. The highest BCUT2D eigenvalue weighted by Gasteiger charge is 2.26. The second-order valence-electron chi connectivity index (χ2n) is 7.19. The Kier molecular flexibility index (Phi) is 5.64. The predicted octanol–water partition coefficient (Wildman–Crippen LogP) is 2.86. The lowest BCUT2D eigenvalue weighted by molar-refractivity contribution is 0.170. The summed E-state index contributed by atoms with van der Waals surface area (Å²) in [5, 5.41) is 14.4. The monoisotopic (exact) mass is 379 g/mol. The minimum Gasteiger partial charge on any atom is -0.396 e. The molecule has 2 N–H and O–H groups in total. The largest absolute Gasteiger partial charge is 0.396 e. The summed E-state index contributed by atoms with van der Waals surface area (Å²) in [6, 6.07) is 13.5. The zero-order valence-electron chi connectivity index (χ0n) is 15.8. The van der Waals surface area contributed by atoms with E-state index in [-0.39, 0.29) is 12.2 Å². The molecule has 1 aromatic carbocycles. The number of pyridine rings is 1. The van der Waals surface area contributed by atoms with Gasteiger partial charge in [-0.15, -0.1) is 0 Å². The summed E-state index contributed by atoms with van der Waals surface area (Å²) in [4.78, 5) is 23.3. The van der Waals surface area contributed by atoms with Gasteiger partial charge in [0.05, 0.1) is 11.1 Å². The van der Waals surface area contributed by atoms with Gasteiger partial charge in [0.2, 0.25) is 5.56 Å². The van der Waals surface area contributed by atoms with Crippen LogP contribution in [0.4, 0.5) is 11.5 Å². The highest BCUT2D eigenvalue weighted by atomic mass is 16.2. The third-order valence-electron chi connectivity index (χ3n) is 5.35. The second-order valence-corrected chi connectivity index (χ2v) is 7.19. The van der Waals surface area contributed by atoms with Crippen molar-refractivity contribution in [1.82, 2.24) is 20.0 Å². The number of H-pyrrole nitrogens is 1. The molecule has 1 saturated heterocycles. The third-order valence-corrected chi connectivity index (χ3v) is 5.35. The SMILES string of the molecule is O=c1ccc2c(N(c3ccccc3)N3CCC(CCCO)CC3)ncnc2[nH]1. The van der Waals surface area contributed by atoms with E-state index in [1.54, 1.807) is 6.07 Å². The number of aliphatic hydroxyl groups excluding tert-OH is 1. The number of para-hydroxylation sites is 1. The topological polar surface area (TPSA) is 85.3 Å². The van der Waals surface area contributed by atoms with E-state index in [4.69, 9.17) is 5.11 Å². The van der Waals surface area contributed by atoms with Gasteiger partial charge in [-0.3, -0.25) is 9.80 Å². The maximum Gasteiger partial charge on any atom is 0.249 e. The van der Waals surface area contributed by atoms with Gasteiger partial charge in [-0.25, -0.2) is 15.0 Å². The van der Waals surface area contributed by atoms with Crippen molar-refractivity contribution in [3.05, 3.63) is 59.1 Å². The van der Waals surface area contributed by atoms with Crippen LogP contribution in [0.3, 0.4) is 0 Å². The third kappa shape index (κ3) is 3.90. The molecule has 4 rings (SSSR count). The van der Waals surface area contributed by atoms with Crippen molar-refractivity contribution in [3.63, 3.8) is 0 Å². The molecule has 1 aliphatic heterocycles. The molecule has 0 saturated carbocycles. The standard InChI is InChI=1S/C21H25N5O2/c27-14-4-5-16-10-12-25(13-11-16)26(17-6-2-1-3-7-17)21-18-8-9-19(28)24-20(18)22-15-23-21/h1-3,6-9,15-16,27H,4-5,10-14H2,(H,22,23,24,28). The molecule has 0 amide bonds. The number of fused-ring (bicyclic) bond motifs is 1. The van der Waals surface area contributed by atoms with Crippen molar-refractivity contribution in [2.24, 2.45) is 5.92 Å². The molecule has 2 aromatic heterocycles. The zero-order valence-corrected chi connectivity index (χ0v) is 15.8. The van der Waals surface area contributed by atoms with Crippen LogP contribution in [0.1, 0.15) is 25.7 Å². The number of hydrogen-bond donors (Lipinski definition) is 2. The van der Waals surface area contributed by atoms with E-state index in [9.17, 15) is 4.79 Å². The molecule has 0 bridgehead atoms. The Balaban J connectivity index is 1.69. The first-order valence-electron chi connectivity index (χ1n) is 9.81. The van der Waals surface area contributed by atoms with Crippen molar-refractivity contribution < 1.29 is 5.11 Å². The molecule has 146 valence electrons. The van der Waals surface area contributed by atoms with Crippen LogP contribution in [0.25, 0.3) is 11.0 Å². The number of aromatic amines is 1. The lowest BCUT2D eigenvalue weighted by atomic mass is 9.93. The fourth-order valence-corrected chi connectivity index (χ4v) is 3.90. The lowest BCUT2D eigenvalue weighted by Gasteiger charge is -2.40. The molecule has 0 spiro atoms. The van der Waals surface area contributed by atoms with Crippen molar-refractivity contribution in [3.8, 4) is 0 Å². The van der Waals surface area contributed by atoms with Crippen molar-refractivity contribution in [1.29, 1.82) is 0 Å². The number of aromatic nitrogens is 3. The predicted molar refractivity (Wildman–Crippen MR) is 109 cm³/mol. The minimum atomic E-state index is -0.173. The Morgan fingerprint density at radius 1 is 1.11 bits per heavy atom. The van der Waals surface area contributed by atoms with Crippen LogP contribution in [0.5, 0.6) is 0 Å². The van der Waals surface area contributed by atoms with Gasteiger partial charge in [0.15, 0.2) is 5.82 Å². The fraction of sp³-hybridized carbons (Fsp3) is 0.381. The molecule has 1 fully saturated rings. The molecule has 3 heterocycles. The number of hydrogen-bond acceptors (Lipinski definition) is 6. The number of hydrazine groups is 1. The minimum absolute atomic E-state index is 0.173. The summed E-state index contributed by atoms with van der Waals surface area (Å²) < 4.78 is 0. The summed E-state index contributed by atoms with van der Waals surface area (Å²) >= 11 is 0. The van der Waals surface area contributed by atoms with Crippen molar-refractivity contribution in [2.75, 3.05) is 24.7 Å². The lowest BCUT2D eigenvalue weighted by Crippen LogP contribution is -2.45. The Bertz CT molecular complexity index is 967. The average molecular weight is 379 g/mol. The van der Waals surface area contributed by atoms with Gasteiger partial charge in [0.1, 0.15) is 12.0 Å². The summed E-state index contributed by atoms with van der Waals surface area (Å²) in [6.45, 7) is 2.10. The Labute approximate surface area is 163 Å². The van der Waals surface area contributed by atoms with Crippen LogP contribution < -0.4 is 10.6 Å². The number of piperidine rings is 1. The molecular formula is C21H25N5O2. The highest BCUT2D eigenvalue weighted by Crippen LogP contribution is 2.33. The quantitative estimate of drug-likeness (QED) is 0.685. The van der Waals surface area contributed by atoms with Crippen LogP contribution >= 0.6 is 0 Å². The van der Waals surface area contributed by atoms with E-state index < -0.39 is 0 Å². The highest BCUT2D eigenvalue weighted by molar-refractivity contribution is 5.88. The first-order valence-corrected chi connectivity index (χ1v) is 9.81. The first kappa shape index (κ1) is 18.6. The summed E-state index contributed by atoms with van der Waals surface area (Å²) in [7, 11) is 0. The molecule has 0 atom stereocenters. The molecule has 28 heavy (non-hydrogen) atoms. The van der Waals surface area contributed by atoms with E-state index in [0.29, 0.717) is 11.6 Å². The average Bonchev–Trinajstić information content (AvgIpc) is 2.74. The first-order chi connectivity index (χ1) is 13.8. The maximum absolute atomic E-state index is 11.7. The molecule has 3 aromatic rings. The van der Waals surface area contributed by atoms with Gasteiger partial charge in [0, 0.05) is 25.8 Å². The molecule has 7 nitrogen and oxygen atoms in total. The number of nitrogens with zero attached hydrogens (tertiary/aromatic N) is 4. The summed E-state index contributed by atoms with van der Waals surface area (Å²) in [6.07, 6.45) is 5.62. The number of anilines is 2. The molecule has 0 aliphatic carbocycles. The molecule has 0 unspecified atom stereocenters. The second kappa shape index (κ2) is 8.50. The molecular weight excluding hydrogens is 354 g/mol. The Morgan fingerprint density at radius 2 is 1.89 bits per heavy atom. The van der Waals surface area contributed by atoms with E-state index in [1.807, 2.05) is 18.2 Å². The van der Waals surface area contributed by atoms with Crippen LogP contribution in [0.2, 0.25) is 0 Å². The van der Waals surface area contributed by atoms with Crippen molar-refractivity contribution >= 4 is 22.5 Å². The summed E-state index contributed by atoms with van der Waals surface area (Å²) in [5.74, 6) is 1.42. The fourth-order valence-electron chi connectivity index (χ4n) is 3.90. The number of nitrogens with one attached hydrogen (secondary N) is 1. The van der Waals surface area contributed by atoms with Gasteiger partial charge < -0.3 is 10.1 Å². The molecule has 0 radical (unpaired) electrons. The number of aliphatic hydroxyl groups is 1. The van der Waals surface area contributed by atoms with Gasteiger partial charge in [-0.05, 0) is 49.8 Å². The van der Waals surface area contributed by atoms with Gasteiger partial charge in [-0.1, -0.05) is 18.2 Å². The van der Waals surface area contributed by atoms with Crippen LogP contribution in [-0.4, -0.2) is 44.8 Å². The maximum atomic E-state index is 11.7. The van der Waals surface area contributed by atoms with E-state index >= 15 is 0 Å².